The quantitative estimate of drug-likeness (QED) is 0.334. The molecule has 1 saturated heterocycles. The topological polar surface area (TPSA) is 61.8 Å². The van der Waals surface area contributed by atoms with Gasteiger partial charge in [0.15, 0.2) is 5.96 Å². The lowest BCUT2D eigenvalue weighted by molar-refractivity contribution is -0.0495. The third-order valence-corrected chi connectivity index (χ3v) is 4.42. The normalized spacial score (nSPS) is 16.5. The smallest absolute Gasteiger partial charge is 0.387 e. The number of benzene rings is 1. The number of pyridine rings is 1. The van der Waals surface area contributed by atoms with Gasteiger partial charge < -0.3 is 20.3 Å². The van der Waals surface area contributed by atoms with Crippen LogP contribution in [0.25, 0.3) is 0 Å². The molecule has 1 aromatic carbocycles. The molecule has 0 aliphatic carbocycles. The SMILES string of the molecule is CCNC(=NCc1ccccn1)NC1CCN(c2ccccc2OC(F)F)C1.I. The Morgan fingerprint density at radius 2 is 2.07 bits per heavy atom. The molecule has 9 heteroatoms. The fraction of sp³-hybridized carbons (Fsp3) is 0.400. The maximum Gasteiger partial charge on any atom is 0.387 e. The van der Waals surface area contributed by atoms with E-state index < -0.39 is 6.61 Å². The van der Waals surface area contributed by atoms with Gasteiger partial charge in [-0.25, -0.2) is 4.99 Å². The summed E-state index contributed by atoms with van der Waals surface area (Å²) in [6.45, 7) is 1.83. The molecule has 29 heavy (non-hydrogen) atoms. The van der Waals surface area contributed by atoms with Crippen LogP contribution < -0.4 is 20.3 Å². The van der Waals surface area contributed by atoms with Crippen LogP contribution in [0.4, 0.5) is 14.5 Å². The highest BCUT2D eigenvalue weighted by atomic mass is 127. The average Bonchev–Trinajstić information content (AvgIpc) is 3.15. The van der Waals surface area contributed by atoms with Gasteiger partial charge in [0.05, 0.1) is 17.9 Å². The van der Waals surface area contributed by atoms with Gasteiger partial charge in [-0.2, -0.15) is 8.78 Å². The first-order valence-corrected chi connectivity index (χ1v) is 9.39. The second kappa shape index (κ2) is 11.7. The highest BCUT2D eigenvalue weighted by Crippen LogP contribution is 2.31. The Hall–Kier alpha value is -2.17. The fourth-order valence-electron chi connectivity index (χ4n) is 3.18. The predicted molar refractivity (Wildman–Crippen MR) is 121 cm³/mol. The summed E-state index contributed by atoms with van der Waals surface area (Å²) in [5.74, 6) is 0.922. The molecule has 2 N–H and O–H groups in total. The van der Waals surface area contributed by atoms with Crippen LogP contribution in [0.5, 0.6) is 5.75 Å². The van der Waals surface area contributed by atoms with E-state index in [0.29, 0.717) is 18.8 Å². The Bertz CT molecular complexity index is 778. The van der Waals surface area contributed by atoms with Crippen LogP contribution in [-0.2, 0) is 6.54 Å². The van der Waals surface area contributed by atoms with Gasteiger partial charge in [-0.15, -0.1) is 24.0 Å². The van der Waals surface area contributed by atoms with Crippen LogP contribution in [0.1, 0.15) is 19.0 Å². The lowest BCUT2D eigenvalue weighted by Gasteiger charge is -2.22. The first kappa shape index (κ1) is 23.1. The highest BCUT2D eigenvalue weighted by Gasteiger charge is 2.26. The number of nitrogens with one attached hydrogen (secondary N) is 2. The van der Waals surface area contributed by atoms with Crippen molar-refractivity contribution in [3.05, 3.63) is 54.4 Å². The summed E-state index contributed by atoms with van der Waals surface area (Å²) < 4.78 is 30.0. The number of hydrogen-bond acceptors (Lipinski definition) is 4. The Balaban J connectivity index is 0.00000300. The molecule has 158 valence electrons. The molecule has 0 amide bonds. The predicted octanol–water partition coefficient (Wildman–Crippen LogP) is 3.64. The van der Waals surface area contributed by atoms with E-state index in [9.17, 15) is 8.78 Å². The second-order valence-electron chi connectivity index (χ2n) is 6.44. The Labute approximate surface area is 186 Å². The molecule has 0 spiro atoms. The van der Waals surface area contributed by atoms with Crippen LogP contribution in [0, 0.1) is 0 Å². The van der Waals surface area contributed by atoms with Crippen LogP contribution in [0.15, 0.2) is 53.7 Å². The molecule has 6 nitrogen and oxygen atoms in total. The number of para-hydroxylation sites is 2. The molecule has 3 rings (SSSR count). The number of guanidine groups is 1. The van der Waals surface area contributed by atoms with E-state index in [-0.39, 0.29) is 35.8 Å². The lowest BCUT2D eigenvalue weighted by Crippen LogP contribution is -2.44. The second-order valence-corrected chi connectivity index (χ2v) is 6.44. The first-order valence-electron chi connectivity index (χ1n) is 9.39. The van der Waals surface area contributed by atoms with Gasteiger partial charge in [-0.05, 0) is 37.6 Å². The first-order chi connectivity index (χ1) is 13.7. The minimum absolute atomic E-state index is 0. The summed E-state index contributed by atoms with van der Waals surface area (Å²) in [4.78, 5) is 10.9. The zero-order valence-electron chi connectivity index (χ0n) is 16.2. The lowest BCUT2D eigenvalue weighted by atomic mass is 10.2. The number of alkyl halides is 2. The number of aliphatic imine (C=N–C) groups is 1. The molecule has 1 fully saturated rings. The standard InChI is InChI=1S/C20H25F2N5O.HI/c1-2-23-20(25-13-15-7-5-6-11-24-15)26-16-10-12-27(14-16)17-8-3-4-9-18(17)28-19(21)22;/h3-9,11,16,19H,2,10,12-14H2,1H3,(H2,23,25,26);1H. The Morgan fingerprint density at radius 1 is 1.28 bits per heavy atom. The Kier molecular flexibility index (Phi) is 9.36. The van der Waals surface area contributed by atoms with Gasteiger partial charge in [0.25, 0.3) is 0 Å². The molecule has 1 unspecified atom stereocenters. The molecule has 2 aromatic rings. The third kappa shape index (κ3) is 6.98. The van der Waals surface area contributed by atoms with Crippen molar-refractivity contribution in [3.8, 4) is 5.75 Å². The zero-order chi connectivity index (χ0) is 19.8. The molecule has 2 heterocycles. The molecule has 0 saturated carbocycles. The minimum atomic E-state index is -2.84. The van der Waals surface area contributed by atoms with Crippen LogP contribution in [0.3, 0.4) is 0 Å². The molecule has 1 atom stereocenters. The fourth-order valence-corrected chi connectivity index (χ4v) is 3.18. The molecule has 0 radical (unpaired) electrons. The van der Waals surface area contributed by atoms with Gasteiger partial charge in [-0.3, -0.25) is 4.98 Å². The van der Waals surface area contributed by atoms with Gasteiger partial charge in [0, 0.05) is 31.9 Å². The number of ether oxygens (including phenoxy) is 1. The minimum Gasteiger partial charge on any atom is -0.433 e. The molecule has 0 bridgehead atoms. The van der Waals surface area contributed by atoms with Crippen molar-refractivity contribution in [1.82, 2.24) is 15.6 Å². The van der Waals surface area contributed by atoms with E-state index >= 15 is 0 Å². The van der Waals surface area contributed by atoms with Gasteiger partial charge in [0.2, 0.25) is 0 Å². The number of halogens is 3. The molecule has 1 aliphatic heterocycles. The van der Waals surface area contributed by atoms with Crippen molar-refractivity contribution in [2.24, 2.45) is 4.99 Å². The number of aromatic nitrogens is 1. The van der Waals surface area contributed by atoms with E-state index in [1.807, 2.05) is 31.2 Å². The molecule has 1 aromatic heterocycles. The van der Waals surface area contributed by atoms with E-state index in [0.717, 1.165) is 31.2 Å². The number of nitrogens with zero attached hydrogens (tertiary/aromatic N) is 3. The van der Waals surface area contributed by atoms with E-state index in [2.05, 4.69) is 30.2 Å². The molecular formula is C20H26F2IN5O. The maximum absolute atomic E-state index is 12.7. The zero-order valence-corrected chi connectivity index (χ0v) is 18.6. The monoisotopic (exact) mass is 517 g/mol. The Morgan fingerprint density at radius 3 is 2.79 bits per heavy atom. The summed E-state index contributed by atoms with van der Waals surface area (Å²) in [5, 5.41) is 6.67. The summed E-state index contributed by atoms with van der Waals surface area (Å²) in [6.07, 6.45) is 2.62. The van der Waals surface area contributed by atoms with E-state index in [1.54, 1.807) is 24.4 Å². The highest BCUT2D eigenvalue weighted by molar-refractivity contribution is 14.0. The average molecular weight is 517 g/mol. The number of rotatable bonds is 7. The van der Waals surface area contributed by atoms with Crippen molar-refractivity contribution >= 4 is 35.6 Å². The summed E-state index contributed by atoms with van der Waals surface area (Å²) in [6, 6.07) is 12.8. The number of anilines is 1. The van der Waals surface area contributed by atoms with Gasteiger partial charge in [0.1, 0.15) is 5.75 Å². The van der Waals surface area contributed by atoms with Gasteiger partial charge >= 0.3 is 6.61 Å². The van der Waals surface area contributed by atoms with Crippen molar-refractivity contribution in [3.63, 3.8) is 0 Å². The van der Waals surface area contributed by atoms with Crippen molar-refractivity contribution in [2.75, 3.05) is 24.5 Å². The summed E-state index contributed by atoms with van der Waals surface area (Å²) in [7, 11) is 0. The van der Waals surface area contributed by atoms with Crippen molar-refractivity contribution in [1.29, 1.82) is 0 Å². The van der Waals surface area contributed by atoms with Crippen molar-refractivity contribution < 1.29 is 13.5 Å². The third-order valence-electron chi connectivity index (χ3n) is 4.42. The van der Waals surface area contributed by atoms with Crippen LogP contribution >= 0.6 is 24.0 Å². The molecular weight excluding hydrogens is 491 g/mol. The summed E-state index contributed by atoms with van der Waals surface area (Å²) >= 11 is 0. The van der Waals surface area contributed by atoms with Gasteiger partial charge in [-0.1, -0.05) is 18.2 Å². The van der Waals surface area contributed by atoms with Crippen LogP contribution in [0.2, 0.25) is 0 Å². The van der Waals surface area contributed by atoms with Crippen LogP contribution in [-0.4, -0.2) is 43.2 Å². The molecule has 1 aliphatic rings. The van der Waals surface area contributed by atoms with E-state index in [1.165, 1.54) is 0 Å². The van der Waals surface area contributed by atoms with E-state index in [4.69, 9.17) is 0 Å². The van der Waals surface area contributed by atoms with Crippen molar-refractivity contribution in [2.45, 2.75) is 32.5 Å². The maximum atomic E-state index is 12.7. The largest absolute Gasteiger partial charge is 0.433 e. The summed E-state index contributed by atoms with van der Waals surface area (Å²) in [5.41, 5.74) is 1.58. The number of hydrogen-bond donors (Lipinski definition) is 2.